The number of carbonyl (C=O) groups is 2. The average Bonchev–Trinajstić information content (AvgIpc) is 2.60. The van der Waals surface area contributed by atoms with Gasteiger partial charge in [0, 0.05) is 12.2 Å². The highest BCUT2D eigenvalue weighted by Gasteiger charge is 2.24. The molecule has 0 aromatic heterocycles. The van der Waals surface area contributed by atoms with Crippen LogP contribution >= 0.6 is 0 Å². The van der Waals surface area contributed by atoms with Crippen molar-refractivity contribution >= 4 is 22.1 Å². The van der Waals surface area contributed by atoms with E-state index in [0.717, 1.165) is 69.9 Å². The lowest BCUT2D eigenvalue weighted by Gasteiger charge is -2.12. The van der Waals surface area contributed by atoms with Crippen LogP contribution in [0, 0.1) is 0 Å². The molecule has 0 aliphatic carbocycles. The number of hydrogen-bond donors (Lipinski definition) is 0. The van der Waals surface area contributed by atoms with Gasteiger partial charge < -0.3 is 8.92 Å². The van der Waals surface area contributed by atoms with Crippen LogP contribution in [-0.2, 0) is 28.6 Å². The molecule has 0 rings (SSSR count). The molecule has 0 amide bonds. The van der Waals surface area contributed by atoms with Crippen molar-refractivity contribution in [3.63, 3.8) is 0 Å². The summed E-state index contributed by atoms with van der Waals surface area (Å²) < 4.78 is 33.7. The van der Waals surface area contributed by atoms with Gasteiger partial charge in [-0.2, -0.15) is 8.42 Å². The Morgan fingerprint density at radius 3 is 1.89 bits per heavy atom. The van der Waals surface area contributed by atoms with Crippen LogP contribution in [0.2, 0.25) is 0 Å². The van der Waals surface area contributed by atoms with E-state index in [2.05, 4.69) is 18.0 Å². The number of carbonyl (C=O) groups excluding carboxylic acids is 2. The monoisotopic (exact) mass is 404 g/mol. The number of unbranched alkanes of at least 4 members (excludes halogenated alkanes) is 6. The molecule has 0 saturated heterocycles. The quantitative estimate of drug-likeness (QED) is 0.170. The molecule has 0 radical (unpaired) electrons. The molecule has 0 heterocycles. The fraction of sp³-hybridized carbons (Fsp3) is 0.800. The first-order chi connectivity index (χ1) is 12.7. The Labute approximate surface area is 164 Å². The van der Waals surface area contributed by atoms with E-state index in [1.54, 1.807) is 6.92 Å². The number of rotatable bonds is 15. The van der Waals surface area contributed by atoms with Crippen LogP contribution in [0.5, 0.6) is 0 Å². The van der Waals surface area contributed by atoms with E-state index in [9.17, 15) is 18.0 Å². The van der Waals surface area contributed by atoms with Gasteiger partial charge in [0.2, 0.25) is 0 Å². The number of hydrogen-bond acceptors (Lipinski definition) is 6. The van der Waals surface area contributed by atoms with Crippen molar-refractivity contribution in [1.82, 2.24) is 0 Å². The Balaban J connectivity index is 4.27. The smallest absolute Gasteiger partial charge is 0.346 e. The van der Waals surface area contributed by atoms with Gasteiger partial charge in [-0.05, 0) is 33.1 Å². The Morgan fingerprint density at radius 2 is 1.33 bits per heavy atom. The minimum atomic E-state index is -3.99. The molecule has 7 heteroatoms. The molecular weight excluding hydrogens is 368 g/mol. The lowest BCUT2D eigenvalue weighted by Crippen LogP contribution is -2.23. The normalized spacial score (nSPS) is 14.1. The summed E-state index contributed by atoms with van der Waals surface area (Å²) in [7, 11) is -3.99. The van der Waals surface area contributed by atoms with Gasteiger partial charge in [-0.25, -0.2) is 9.59 Å². The van der Waals surface area contributed by atoms with E-state index in [4.69, 9.17) is 4.74 Å². The largest absolute Gasteiger partial charge is 0.460 e. The van der Waals surface area contributed by atoms with Gasteiger partial charge in [0.1, 0.15) is 0 Å². The Kier molecular flexibility index (Phi) is 13.9. The van der Waals surface area contributed by atoms with E-state index >= 15 is 0 Å². The van der Waals surface area contributed by atoms with Gasteiger partial charge in [0.15, 0.2) is 0 Å². The number of ether oxygens (including phenoxy) is 1. The minimum absolute atomic E-state index is 0.248. The topological polar surface area (TPSA) is 86.7 Å². The lowest BCUT2D eigenvalue weighted by atomic mass is 10.1. The van der Waals surface area contributed by atoms with Crippen LogP contribution in [0.4, 0.5) is 0 Å². The summed E-state index contributed by atoms with van der Waals surface area (Å²) in [6.45, 7) is 7.51. The van der Waals surface area contributed by atoms with Crippen LogP contribution in [-0.4, -0.2) is 31.7 Å². The first-order valence-corrected chi connectivity index (χ1v) is 11.6. The second-order valence-electron chi connectivity index (χ2n) is 6.99. The molecular formula is C20H36O6S. The summed E-state index contributed by atoms with van der Waals surface area (Å²) in [6.07, 6.45) is 10.8. The predicted octanol–water partition coefficient (Wildman–Crippen LogP) is 4.68. The molecule has 0 bridgehead atoms. The Morgan fingerprint density at radius 1 is 0.815 bits per heavy atom. The predicted molar refractivity (Wildman–Crippen MR) is 107 cm³/mol. The van der Waals surface area contributed by atoms with Crippen molar-refractivity contribution in [2.24, 2.45) is 0 Å². The average molecular weight is 405 g/mol. The highest BCUT2D eigenvalue weighted by atomic mass is 32.2. The van der Waals surface area contributed by atoms with Gasteiger partial charge in [0.25, 0.3) is 0 Å². The van der Waals surface area contributed by atoms with Crippen LogP contribution in [0.25, 0.3) is 0 Å². The fourth-order valence-corrected chi connectivity index (χ4v) is 3.42. The van der Waals surface area contributed by atoms with Gasteiger partial charge in [-0.1, -0.05) is 58.8 Å². The zero-order valence-electron chi connectivity index (χ0n) is 17.2. The lowest BCUT2D eigenvalue weighted by molar-refractivity contribution is -0.143. The molecule has 2 atom stereocenters. The first kappa shape index (κ1) is 25.6. The zero-order valence-corrected chi connectivity index (χ0v) is 18.1. The molecule has 158 valence electrons. The van der Waals surface area contributed by atoms with Crippen molar-refractivity contribution in [2.45, 2.75) is 103 Å². The highest BCUT2D eigenvalue weighted by molar-refractivity contribution is 7.87. The van der Waals surface area contributed by atoms with E-state index in [1.165, 1.54) is 6.92 Å². The molecule has 2 unspecified atom stereocenters. The summed E-state index contributed by atoms with van der Waals surface area (Å²) >= 11 is 0. The van der Waals surface area contributed by atoms with Crippen molar-refractivity contribution in [2.75, 3.05) is 0 Å². The summed E-state index contributed by atoms with van der Waals surface area (Å²) in [5.74, 6) is -1.76. The molecule has 0 aliphatic rings. The SMILES string of the molecule is CCCCCCC(C)OC(=O)/C=C\C(=O)OS(=O)(=O)C(C)CCCCCC. The maximum Gasteiger partial charge on any atom is 0.346 e. The van der Waals surface area contributed by atoms with Gasteiger partial charge in [0.05, 0.1) is 11.4 Å². The molecule has 0 spiro atoms. The first-order valence-electron chi connectivity index (χ1n) is 10.1. The van der Waals surface area contributed by atoms with Crippen molar-refractivity contribution in [3.8, 4) is 0 Å². The second kappa shape index (κ2) is 14.7. The molecule has 0 fully saturated rings. The highest BCUT2D eigenvalue weighted by Crippen LogP contribution is 2.14. The summed E-state index contributed by atoms with van der Waals surface area (Å²) in [6, 6.07) is 0. The Hall–Kier alpha value is -1.37. The standard InChI is InChI=1S/C20H36O6S/c1-5-7-9-11-13-17(3)25-19(21)15-16-20(22)26-27(23,24)18(4)14-12-10-8-6-2/h15-18H,5-14H2,1-4H3/b16-15-. The van der Waals surface area contributed by atoms with Crippen LogP contribution < -0.4 is 0 Å². The van der Waals surface area contributed by atoms with E-state index < -0.39 is 27.3 Å². The summed E-state index contributed by atoms with van der Waals surface area (Å²) in [5.41, 5.74) is 0. The van der Waals surface area contributed by atoms with Crippen molar-refractivity contribution < 1.29 is 26.9 Å². The van der Waals surface area contributed by atoms with Gasteiger partial charge in [-0.15, -0.1) is 0 Å². The van der Waals surface area contributed by atoms with Crippen LogP contribution in [0.15, 0.2) is 12.2 Å². The van der Waals surface area contributed by atoms with E-state index in [0.29, 0.717) is 6.42 Å². The maximum atomic E-state index is 12.0. The maximum absolute atomic E-state index is 12.0. The fourth-order valence-electron chi connectivity index (χ4n) is 2.52. The van der Waals surface area contributed by atoms with Crippen molar-refractivity contribution in [1.29, 1.82) is 0 Å². The molecule has 0 aromatic carbocycles. The molecule has 0 aromatic rings. The second-order valence-corrected chi connectivity index (χ2v) is 8.94. The third-order valence-electron chi connectivity index (χ3n) is 4.29. The molecule has 27 heavy (non-hydrogen) atoms. The summed E-state index contributed by atoms with van der Waals surface area (Å²) in [5, 5.41) is -0.762. The minimum Gasteiger partial charge on any atom is -0.460 e. The van der Waals surface area contributed by atoms with Crippen LogP contribution in [0.1, 0.15) is 91.9 Å². The van der Waals surface area contributed by atoms with Gasteiger partial charge >= 0.3 is 22.1 Å². The Bertz CT molecular complexity index is 553. The third kappa shape index (κ3) is 13.4. The van der Waals surface area contributed by atoms with Gasteiger partial charge in [-0.3, -0.25) is 0 Å². The third-order valence-corrected chi connectivity index (χ3v) is 5.91. The van der Waals surface area contributed by atoms with Crippen molar-refractivity contribution in [3.05, 3.63) is 12.2 Å². The molecule has 0 saturated carbocycles. The van der Waals surface area contributed by atoms with Crippen LogP contribution in [0.3, 0.4) is 0 Å². The molecule has 0 N–H and O–H groups in total. The molecule has 6 nitrogen and oxygen atoms in total. The molecule has 0 aliphatic heterocycles. The zero-order chi connectivity index (χ0) is 20.7. The summed E-state index contributed by atoms with van der Waals surface area (Å²) in [4.78, 5) is 23.4. The van der Waals surface area contributed by atoms with E-state index in [1.807, 2.05) is 0 Å². The number of esters is 1. The van der Waals surface area contributed by atoms with E-state index in [-0.39, 0.29) is 6.10 Å².